The van der Waals surface area contributed by atoms with Gasteiger partial charge in [-0.25, -0.2) is 13.1 Å². The summed E-state index contributed by atoms with van der Waals surface area (Å²) in [6, 6.07) is 32.2. The second-order valence-corrected chi connectivity index (χ2v) is 11.6. The zero-order valence-electron chi connectivity index (χ0n) is 19.7. The molecular weight excluding hydrogens is 511 g/mol. The first-order valence-corrected chi connectivity index (χ1v) is 14.0. The van der Waals surface area contributed by atoms with Crippen LogP contribution in [0.2, 0.25) is 10.0 Å². The van der Waals surface area contributed by atoms with E-state index in [4.69, 9.17) is 23.2 Å². The Morgan fingerprint density at radius 2 is 1.25 bits per heavy atom. The number of halogens is 2. The van der Waals surface area contributed by atoms with Crippen LogP contribution in [0.15, 0.2) is 108 Å². The molecule has 36 heavy (non-hydrogen) atoms. The maximum atomic E-state index is 13.2. The van der Waals surface area contributed by atoms with Crippen LogP contribution in [0.4, 0.5) is 0 Å². The van der Waals surface area contributed by atoms with E-state index in [1.807, 2.05) is 97.9 Å². The average Bonchev–Trinajstić information content (AvgIpc) is 2.90. The molecule has 4 aromatic carbocycles. The summed E-state index contributed by atoms with van der Waals surface area (Å²) in [5.74, 6) is 0. The van der Waals surface area contributed by atoms with E-state index in [2.05, 4.69) is 9.62 Å². The molecular formula is C29H26Cl2N2O2S. The van der Waals surface area contributed by atoms with Crippen molar-refractivity contribution >= 4 is 33.2 Å². The van der Waals surface area contributed by atoms with Gasteiger partial charge in [-0.1, -0.05) is 89.9 Å². The van der Waals surface area contributed by atoms with Crippen molar-refractivity contribution in [2.45, 2.75) is 29.9 Å². The molecule has 1 aliphatic rings. The Morgan fingerprint density at radius 3 is 1.75 bits per heavy atom. The predicted molar refractivity (Wildman–Crippen MR) is 147 cm³/mol. The molecule has 1 saturated heterocycles. The summed E-state index contributed by atoms with van der Waals surface area (Å²) >= 11 is 12.3. The van der Waals surface area contributed by atoms with Crippen LogP contribution in [0.3, 0.4) is 0 Å². The molecule has 4 nitrogen and oxygen atoms in total. The number of benzene rings is 4. The number of nitrogens with zero attached hydrogens (tertiary/aromatic N) is 1. The molecule has 0 bridgehead atoms. The number of rotatable bonds is 7. The maximum absolute atomic E-state index is 13.2. The molecule has 1 heterocycles. The molecule has 184 valence electrons. The molecule has 0 radical (unpaired) electrons. The number of nitrogens with one attached hydrogen (secondary N) is 1. The zero-order chi connectivity index (χ0) is 25.3. The van der Waals surface area contributed by atoms with Gasteiger partial charge < -0.3 is 0 Å². The Hall–Kier alpha value is -2.67. The second-order valence-electron chi connectivity index (χ2n) is 9.06. The van der Waals surface area contributed by atoms with Gasteiger partial charge in [0.15, 0.2) is 0 Å². The van der Waals surface area contributed by atoms with Crippen LogP contribution < -0.4 is 4.72 Å². The van der Waals surface area contributed by atoms with Crippen molar-refractivity contribution in [3.63, 3.8) is 0 Å². The van der Waals surface area contributed by atoms with Gasteiger partial charge in [-0.15, -0.1) is 0 Å². The molecule has 7 heteroatoms. The van der Waals surface area contributed by atoms with Crippen LogP contribution in [0, 0.1) is 0 Å². The summed E-state index contributed by atoms with van der Waals surface area (Å²) in [7, 11) is -3.65. The van der Waals surface area contributed by atoms with E-state index in [0.717, 1.165) is 22.3 Å². The van der Waals surface area contributed by atoms with Crippen molar-refractivity contribution in [1.29, 1.82) is 0 Å². The fourth-order valence-electron chi connectivity index (χ4n) is 4.71. The Kier molecular flexibility index (Phi) is 7.20. The molecule has 5 rings (SSSR count). The normalized spacial score (nSPS) is 18.2. The highest BCUT2D eigenvalue weighted by Crippen LogP contribution is 2.37. The summed E-state index contributed by atoms with van der Waals surface area (Å²) in [6.07, 6.45) is 0. The lowest BCUT2D eigenvalue weighted by Gasteiger charge is -2.50. The standard InChI is InChI=1S/C29H26Cl2N2O2S/c1-20-28(32-36(34,35)27-17-11-22(12-18-27)21-5-3-2-4-6-21)19-33(20)29(23-7-13-25(30)14-8-23)24-9-15-26(31)16-10-24/h2-18,20,28-29,32H,19H2,1H3/t20-,28+/m1/s1. The molecule has 1 fully saturated rings. The number of hydrogen-bond acceptors (Lipinski definition) is 3. The lowest BCUT2D eigenvalue weighted by Crippen LogP contribution is -2.66. The summed E-state index contributed by atoms with van der Waals surface area (Å²) in [6.45, 7) is 2.63. The Labute approximate surface area is 222 Å². The molecule has 0 saturated carbocycles. The molecule has 1 N–H and O–H groups in total. The van der Waals surface area contributed by atoms with E-state index in [1.165, 1.54) is 0 Å². The average molecular weight is 538 g/mol. The fraction of sp³-hybridized carbons (Fsp3) is 0.172. The van der Waals surface area contributed by atoms with Crippen molar-refractivity contribution in [2.24, 2.45) is 0 Å². The Morgan fingerprint density at radius 1 is 0.750 bits per heavy atom. The second kappa shape index (κ2) is 10.4. The molecule has 4 aromatic rings. The van der Waals surface area contributed by atoms with E-state index in [1.54, 1.807) is 12.1 Å². The van der Waals surface area contributed by atoms with Gasteiger partial charge in [0.2, 0.25) is 10.0 Å². The molecule has 0 spiro atoms. The smallest absolute Gasteiger partial charge is 0.240 e. The van der Waals surface area contributed by atoms with Crippen LogP contribution in [0.5, 0.6) is 0 Å². The third kappa shape index (κ3) is 5.22. The minimum Gasteiger partial charge on any atom is -0.286 e. The van der Waals surface area contributed by atoms with Gasteiger partial charge >= 0.3 is 0 Å². The first-order chi connectivity index (χ1) is 17.3. The van der Waals surface area contributed by atoms with Gasteiger partial charge in [-0.2, -0.15) is 0 Å². The molecule has 0 aliphatic carbocycles. The van der Waals surface area contributed by atoms with Crippen LogP contribution in [-0.2, 0) is 10.0 Å². The Balaban J connectivity index is 1.33. The van der Waals surface area contributed by atoms with Crippen molar-refractivity contribution in [2.75, 3.05) is 6.54 Å². The summed E-state index contributed by atoms with van der Waals surface area (Å²) in [5, 5.41) is 1.35. The third-order valence-electron chi connectivity index (χ3n) is 6.79. The van der Waals surface area contributed by atoms with Crippen LogP contribution in [0.25, 0.3) is 11.1 Å². The van der Waals surface area contributed by atoms with E-state index < -0.39 is 10.0 Å². The number of likely N-dealkylation sites (tertiary alicyclic amines) is 1. The van der Waals surface area contributed by atoms with Crippen LogP contribution in [-0.4, -0.2) is 31.9 Å². The lowest BCUT2D eigenvalue weighted by molar-refractivity contribution is 0.0370. The van der Waals surface area contributed by atoms with Gasteiger partial charge in [0.1, 0.15) is 0 Å². The topological polar surface area (TPSA) is 49.4 Å². The van der Waals surface area contributed by atoms with Crippen molar-refractivity contribution in [3.8, 4) is 11.1 Å². The highest BCUT2D eigenvalue weighted by Gasteiger charge is 2.42. The van der Waals surface area contributed by atoms with Gasteiger partial charge in [0.25, 0.3) is 0 Å². The fourth-order valence-corrected chi connectivity index (χ4v) is 6.26. The van der Waals surface area contributed by atoms with Gasteiger partial charge in [-0.3, -0.25) is 4.90 Å². The summed E-state index contributed by atoms with van der Waals surface area (Å²) in [5.41, 5.74) is 4.21. The van der Waals surface area contributed by atoms with E-state index in [0.29, 0.717) is 16.6 Å². The van der Waals surface area contributed by atoms with Gasteiger partial charge in [0, 0.05) is 22.6 Å². The minimum atomic E-state index is -3.65. The first kappa shape index (κ1) is 25.0. The predicted octanol–water partition coefficient (Wildman–Crippen LogP) is 6.80. The van der Waals surface area contributed by atoms with E-state index >= 15 is 0 Å². The SMILES string of the molecule is C[C@@H]1[C@@H](NS(=O)(=O)c2ccc(-c3ccccc3)cc2)CN1C(c1ccc(Cl)cc1)c1ccc(Cl)cc1. The quantitative estimate of drug-likeness (QED) is 0.282. The molecule has 0 amide bonds. The number of sulfonamides is 1. The van der Waals surface area contributed by atoms with E-state index in [9.17, 15) is 8.42 Å². The van der Waals surface area contributed by atoms with Crippen LogP contribution in [0.1, 0.15) is 24.1 Å². The van der Waals surface area contributed by atoms with Crippen molar-refractivity contribution in [1.82, 2.24) is 9.62 Å². The highest BCUT2D eigenvalue weighted by molar-refractivity contribution is 7.89. The maximum Gasteiger partial charge on any atom is 0.240 e. The molecule has 0 unspecified atom stereocenters. The van der Waals surface area contributed by atoms with Crippen molar-refractivity contribution < 1.29 is 8.42 Å². The van der Waals surface area contributed by atoms with E-state index in [-0.39, 0.29) is 23.0 Å². The summed E-state index contributed by atoms with van der Waals surface area (Å²) < 4.78 is 29.2. The third-order valence-corrected chi connectivity index (χ3v) is 8.80. The summed E-state index contributed by atoms with van der Waals surface area (Å²) in [4.78, 5) is 2.55. The number of hydrogen-bond donors (Lipinski definition) is 1. The van der Waals surface area contributed by atoms with Gasteiger partial charge in [0.05, 0.1) is 17.0 Å². The van der Waals surface area contributed by atoms with Crippen LogP contribution >= 0.6 is 23.2 Å². The highest BCUT2D eigenvalue weighted by atomic mass is 35.5. The lowest BCUT2D eigenvalue weighted by atomic mass is 9.89. The Bertz CT molecular complexity index is 1380. The first-order valence-electron chi connectivity index (χ1n) is 11.8. The monoisotopic (exact) mass is 536 g/mol. The molecule has 2 atom stereocenters. The minimum absolute atomic E-state index is 0.0141. The largest absolute Gasteiger partial charge is 0.286 e. The van der Waals surface area contributed by atoms with Gasteiger partial charge in [-0.05, 0) is 65.6 Å². The molecule has 1 aliphatic heterocycles. The molecule has 0 aromatic heterocycles. The van der Waals surface area contributed by atoms with Crippen molar-refractivity contribution in [3.05, 3.63) is 124 Å². The zero-order valence-corrected chi connectivity index (χ0v) is 22.0.